The van der Waals surface area contributed by atoms with E-state index in [4.69, 9.17) is 10.5 Å². The Bertz CT molecular complexity index is 890. The van der Waals surface area contributed by atoms with Gasteiger partial charge in [-0.2, -0.15) is 5.26 Å². The quantitative estimate of drug-likeness (QED) is 0.570. The number of nitriles is 1. The van der Waals surface area contributed by atoms with E-state index in [2.05, 4.69) is 20.8 Å². The minimum atomic E-state index is -0.427. The van der Waals surface area contributed by atoms with Gasteiger partial charge < -0.3 is 15.0 Å². The molecule has 4 rings (SSSR count). The van der Waals surface area contributed by atoms with E-state index >= 15 is 0 Å². The van der Waals surface area contributed by atoms with Gasteiger partial charge in [0.05, 0.1) is 12.2 Å². The molecule has 2 N–H and O–H groups in total. The number of anilines is 1. The third-order valence-electron chi connectivity index (χ3n) is 4.50. The summed E-state index contributed by atoms with van der Waals surface area (Å²) in [5, 5.41) is 19.4. The first-order valence-electron chi connectivity index (χ1n) is 8.70. The Labute approximate surface area is 159 Å². The molecule has 2 aliphatic rings. The van der Waals surface area contributed by atoms with Crippen LogP contribution in [-0.2, 0) is 10.5 Å². The molecule has 2 aromatic rings. The van der Waals surface area contributed by atoms with Gasteiger partial charge >= 0.3 is 5.97 Å². The monoisotopic (exact) mass is 389 g/mol. The molecule has 2 heterocycles. The van der Waals surface area contributed by atoms with Crippen molar-refractivity contribution in [2.75, 3.05) is 12.3 Å². The van der Waals surface area contributed by atoms with Crippen LogP contribution in [0.5, 0.6) is 0 Å². The lowest BCUT2D eigenvalue weighted by Crippen LogP contribution is -2.06. The summed E-state index contributed by atoms with van der Waals surface area (Å²) in [5.41, 5.74) is 6.94. The number of hydrogen-bond acceptors (Lipinski definition) is 8. The highest BCUT2D eigenvalue weighted by atomic mass is 32.2. The highest BCUT2D eigenvalue weighted by Gasteiger charge is 2.36. The predicted molar refractivity (Wildman–Crippen MR) is 99.2 cm³/mol. The second-order valence-electron chi connectivity index (χ2n) is 6.49. The molecule has 0 spiro atoms. The van der Waals surface area contributed by atoms with Crippen LogP contribution in [0.3, 0.4) is 0 Å². The SMILES string of the molecule is CCOC(=O)c1sc(N)c(C#N)c1CSc1nnc(C2CC2)n1C1CC1. The van der Waals surface area contributed by atoms with Gasteiger partial charge in [-0.25, -0.2) is 4.79 Å². The summed E-state index contributed by atoms with van der Waals surface area (Å²) >= 11 is 2.62. The summed E-state index contributed by atoms with van der Waals surface area (Å²) in [4.78, 5) is 12.6. The molecule has 0 amide bonds. The van der Waals surface area contributed by atoms with Gasteiger partial charge in [-0.05, 0) is 32.6 Å². The fraction of sp³-hybridized carbons (Fsp3) is 0.529. The molecule has 0 saturated heterocycles. The lowest BCUT2D eigenvalue weighted by molar-refractivity contribution is 0.0531. The smallest absolute Gasteiger partial charge is 0.348 e. The average molecular weight is 390 g/mol. The third-order valence-corrected chi connectivity index (χ3v) is 6.51. The molecule has 0 radical (unpaired) electrons. The van der Waals surface area contributed by atoms with Gasteiger partial charge in [0.2, 0.25) is 0 Å². The standard InChI is InChI=1S/C17H19N5O2S2/c1-2-24-16(23)13-12(11(7-18)14(19)26-13)8-25-17-21-20-15(9-3-4-9)22(17)10-5-6-10/h9-10H,2-6,8,19H2,1H3. The third kappa shape index (κ3) is 3.19. The number of ether oxygens (including phenoxy) is 1. The summed E-state index contributed by atoms with van der Waals surface area (Å²) in [7, 11) is 0. The van der Waals surface area contributed by atoms with Gasteiger partial charge in [-0.3, -0.25) is 0 Å². The van der Waals surface area contributed by atoms with Crippen LogP contribution in [0, 0.1) is 11.3 Å². The molecule has 2 aromatic heterocycles. The van der Waals surface area contributed by atoms with E-state index in [-0.39, 0.29) is 6.61 Å². The van der Waals surface area contributed by atoms with Crippen molar-refractivity contribution in [3.05, 3.63) is 21.8 Å². The number of carbonyl (C=O) groups is 1. The van der Waals surface area contributed by atoms with Gasteiger partial charge in [0, 0.05) is 23.3 Å². The fourth-order valence-electron chi connectivity index (χ4n) is 2.93. The number of nitrogen functional groups attached to an aromatic ring is 1. The van der Waals surface area contributed by atoms with E-state index in [0.717, 1.165) is 35.2 Å². The zero-order chi connectivity index (χ0) is 18.3. The van der Waals surface area contributed by atoms with E-state index in [9.17, 15) is 10.1 Å². The molecular formula is C17H19N5O2S2. The Balaban J connectivity index is 1.60. The van der Waals surface area contributed by atoms with Crippen LogP contribution in [0.25, 0.3) is 0 Å². The van der Waals surface area contributed by atoms with Crippen molar-refractivity contribution in [1.82, 2.24) is 14.8 Å². The van der Waals surface area contributed by atoms with E-state index in [1.807, 2.05) is 0 Å². The van der Waals surface area contributed by atoms with E-state index in [1.54, 1.807) is 6.92 Å². The number of carbonyl (C=O) groups excluding carboxylic acids is 1. The van der Waals surface area contributed by atoms with Crippen LogP contribution in [0.2, 0.25) is 0 Å². The fourth-order valence-corrected chi connectivity index (χ4v) is 4.99. The van der Waals surface area contributed by atoms with Crippen LogP contribution in [0.15, 0.2) is 5.16 Å². The minimum Gasteiger partial charge on any atom is -0.462 e. The van der Waals surface area contributed by atoms with Crippen LogP contribution in [0.1, 0.15) is 71.2 Å². The zero-order valence-electron chi connectivity index (χ0n) is 14.4. The van der Waals surface area contributed by atoms with Gasteiger partial charge in [-0.1, -0.05) is 11.8 Å². The number of hydrogen-bond donors (Lipinski definition) is 1. The maximum atomic E-state index is 12.2. The second-order valence-corrected chi connectivity index (χ2v) is 8.48. The molecule has 7 nitrogen and oxygen atoms in total. The minimum absolute atomic E-state index is 0.284. The summed E-state index contributed by atoms with van der Waals surface area (Å²) < 4.78 is 7.37. The predicted octanol–water partition coefficient (Wildman–Crippen LogP) is 3.47. The number of rotatable bonds is 7. The topological polar surface area (TPSA) is 107 Å². The van der Waals surface area contributed by atoms with Gasteiger partial charge in [0.15, 0.2) is 5.16 Å². The lowest BCUT2D eigenvalue weighted by atomic mass is 10.2. The first-order valence-corrected chi connectivity index (χ1v) is 10.5. The van der Waals surface area contributed by atoms with Crippen LogP contribution < -0.4 is 5.73 Å². The van der Waals surface area contributed by atoms with E-state index < -0.39 is 5.97 Å². The van der Waals surface area contributed by atoms with Gasteiger partial charge in [0.1, 0.15) is 21.8 Å². The normalized spacial score (nSPS) is 16.5. The summed E-state index contributed by atoms with van der Waals surface area (Å²) in [6, 6.07) is 2.62. The largest absolute Gasteiger partial charge is 0.462 e. The highest BCUT2D eigenvalue weighted by molar-refractivity contribution is 7.98. The van der Waals surface area contributed by atoms with Crippen LogP contribution >= 0.6 is 23.1 Å². The maximum Gasteiger partial charge on any atom is 0.348 e. The Morgan fingerprint density at radius 3 is 2.81 bits per heavy atom. The first-order chi connectivity index (χ1) is 12.6. The molecule has 2 saturated carbocycles. The summed E-state index contributed by atoms with van der Waals surface area (Å²) in [6.07, 6.45) is 4.69. The van der Waals surface area contributed by atoms with E-state index in [0.29, 0.717) is 38.7 Å². The Hall–Kier alpha value is -2.05. The molecule has 26 heavy (non-hydrogen) atoms. The van der Waals surface area contributed by atoms with E-state index in [1.165, 1.54) is 24.6 Å². The van der Waals surface area contributed by atoms with Gasteiger partial charge in [-0.15, -0.1) is 21.5 Å². The van der Waals surface area contributed by atoms with Crippen molar-refractivity contribution in [2.24, 2.45) is 0 Å². The van der Waals surface area contributed by atoms with Crippen molar-refractivity contribution in [3.63, 3.8) is 0 Å². The molecule has 0 bridgehead atoms. The highest BCUT2D eigenvalue weighted by Crippen LogP contribution is 2.46. The number of aromatic nitrogens is 3. The zero-order valence-corrected chi connectivity index (χ0v) is 16.0. The summed E-state index contributed by atoms with van der Waals surface area (Å²) in [5.74, 6) is 1.65. The van der Waals surface area contributed by atoms with Crippen molar-refractivity contribution in [2.45, 2.75) is 55.5 Å². The molecule has 0 aliphatic heterocycles. The molecule has 136 valence electrons. The maximum absolute atomic E-state index is 12.2. The number of nitrogens with zero attached hydrogens (tertiary/aromatic N) is 4. The molecule has 0 unspecified atom stereocenters. The Kier molecular flexibility index (Phi) is 4.63. The molecule has 2 aliphatic carbocycles. The molecule has 9 heteroatoms. The lowest BCUT2D eigenvalue weighted by Gasteiger charge is -2.08. The first kappa shape index (κ1) is 17.4. The second kappa shape index (κ2) is 6.93. The Morgan fingerprint density at radius 2 is 2.19 bits per heavy atom. The number of esters is 1. The van der Waals surface area contributed by atoms with Crippen molar-refractivity contribution < 1.29 is 9.53 Å². The molecule has 2 fully saturated rings. The summed E-state index contributed by atoms with van der Waals surface area (Å²) in [6.45, 7) is 2.04. The number of thioether (sulfide) groups is 1. The van der Waals surface area contributed by atoms with Crippen LogP contribution in [-0.4, -0.2) is 27.3 Å². The van der Waals surface area contributed by atoms with Crippen molar-refractivity contribution >= 4 is 34.1 Å². The number of nitrogens with two attached hydrogens (primary N) is 1. The van der Waals surface area contributed by atoms with Gasteiger partial charge in [0.25, 0.3) is 0 Å². The average Bonchev–Trinajstić information content (AvgIpc) is 3.55. The van der Waals surface area contributed by atoms with Crippen molar-refractivity contribution in [1.29, 1.82) is 5.26 Å². The molecular weight excluding hydrogens is 370 g/mol. The number of thiophene rings is 1. The van der Waals surface area contributed by atoms with Crippen LogP contribution in [0.4, 0.5) is 5.00 Å². The van der Waals surface area contributed by atoms with Crippen molar-refractivity contribution in [3.8, 4) is 6.07 Å². The molecule has 0 atom stereocenters. The Morgan fingerprint density at radius 1 is 1.42 bits per heavy atom. The molecule has 0 aromatic carbocycles.